The van der Waals surface area contributed by atoms with Crippen LogP contribution in [0.1, 0.15) is 21.0 Å². The number of thiophene rings is 1. The molecule has 4 rings (SSSR count). The molecule has 0 radical (unpaired) electrons. The number of nitrogens with zero attached hydrogens (tertiary/aromatic N) is 2. The maximum Gasteiger partial charge on any atom is 0.254 e. The second-order valence-electron chi connectivity index (χ2n) is 6.98. The molecule has 31 heavy (non-hydrogen) atoms. The molecule has 164 valence electrons. The van der Waals surface area contributed by atoms with E-state index >= 15 is 0 Å². The lowest BCUT2D eigenvalue weighted by Crippen LogP contribution is -2.40. The molecule has 10 heteroatoms. The molecule has 0 unspecified atom stereocenters. The van der Waals surface area contributed by atoms with Gasteiger partial charge in [0.1, 0.15) is 10.7 Å². The second kappa shape index (κ2) is 9.54. The zero-order valence-corrected chi connectivity index (χ0v) is 19.0. The summed E-state index contributed by atoms with van der Waals surface area (Å²) in [4.78, 5) is 15.9. The minimum atomic E-state index is -3.84. The maximum absolute atomic E-state index is 13.4. The third kappa shape index (κ3) is 5.02. The first-order valence-electron chi connectivity index (χ1n) is 9.66. The van der Waals surface area contributed by atoms with E-state index in [1.165, 1.54) is 16.4 Å². The van der Waals surface area contributed by atoms with Crippen LogP contribution in [0.4, 0.5) is 0 Å². The van der Waals surface area contributed by atoms with E-state index in [0.29, 0.717) is 25.5 Å². The molecule has 1 aromatic carbocycles. The first-order valence-corrected chi connectivity index (χ1v) is 12.4. The van der Waals surface area contributed by atoms with Crippen molar-refractivity contribution in [2.24, 2.45) is 0 Å². The Labute approximate surface area is 189 Å². The molecule has 3 heterocycles. The lowest BCUT2D eigenvalue weighted by Gasteiger charge is -2.27. The Morgan fingerprint density at radius 3 is 2.61 bits per heavy atom. The van der Waals surface area contributed by atoms with Gasteiger partial charge in [0.15, 0.2) is 0 Å². The molecule has 7 nitrogen and oxygen atoms in total. The van der Waals surface area contributed by atoms with Crippen LogP contribution in [0, 0.1) is 0 Å². The van der Waals surface area contributed by atoms with E-state index in [1.807, 2.05) is 17.5 Å². The van der Waals surface area contributed by atoms with Crippen molar-refractivity contribution in [1.82, 2.24) is 9.21 Å². The minimum Gasteiger partial charge on any atom is -0.467 e. The third-order valence-electron chi connectivity index (χ3n) is 4.91. The molecule has 0 bridgehead atoms. The standard InChI is InChI=1S/C21H21ClN2O5S2/c22-19-6-5-16(13-20(19)31(26,27)24-7-10-28-11-8-24)21(25)23(14-17-3-1-9-29-17)15-18-4-2-12-30-18/h1-6,9,12-13H,7-8,10-11,14-15H2. The van der Waals surface area contributed by atoms with Crippen LogP contribution in [0.3, 0.4) is 0 Å². The van der Waals surface area contributed by atoms with Gasteiger partial charge in [-0.2, -0.15) is 4.31 Å². The summed E-state index contributed by atoms with van der Waals surface area (Å²) >= 11 is 7.78. The summed E-state index contributed by atoms with van der Waals surface area (Å²) in [5.41, 5.74) is 0.249. The molecule has 3 aromatic rings. The van der Waals surface area contributed by atoms with Crippen LogP contribution in [0.15, 0.2) is 63.4 Å². The molecule has 0 aliphatic carbocycles. The van der Waals surface area contributed by atoms with Crippen LogP contribution in [-0.4, -0.2) is 49.8 Å². The highest BCUT2D eigenvalue weighted by Crippen LogP contribution is 2.28. The van der Waals surface area contributed by atoms with Gasteiger partial charge < -0.3 is 14.1 Å². The number of furan rings is 1. The first-order chi connectivity index (χ1) is 14.9. The van der Waals surface area contributed by atoms with E-state index in [4.69, 9.17) is 20.8 Å². The van der Waals surface area contributed by atoms with Gasteiger partial charge in [-0.1, -0.05) is 17.7 Å². The largest absolute Gasteiger partial charge is 0.467 e. The van der Waals surface area contributed by atoms with Gasteiger partial charge in [-0.05, 0) is 41.8 Å². The predicted molar refractivity (Wildman–Crippen MR) is 118 cm³/mol. The number of amides is 1. The Balaban J connectivity index is 1.64. The quantitative estimate of drug-likeness (QED) is 0.513. The fraction of sp³-hybridized carbons (Fsp3) is 0.286. The highest BCUT2D eigenvalue weighted by molar-refractivity contribution is 7.89. The fourth-order valence-corrected chi connectivity index (χ4v) is 5.95. The number of morpholine rings is 1. The Kier molecular flexibility index (Phi) is 6.78. The summed E-state index contributed by atoms with van der Waals surface area (Å²) < 4.78 is 38.2. The molecule has 0 N–H and O–H groups in total. The van der Waals surface area contributed by atoms with Crippen LogP contribution < -0.4 is 0 Å². The molecule has 0 spiro atoms. The summed E-state index contributed by atoms with van der Waals surface area (Å²) in [5, 5.41) is 2.03. The highest BCUT2D eigenvalue weighted by atomic mass is 35.5. The molecule has 1 aliphatic rings. The number of hydrogen-bond acceptors (Lipinski definition) is 6. The smallest absolute Gasteiger partial charge is 0.254 e. The van der Waals surface area contributed by atoms with Gasteiger partial charge in [0.25, 0.3) is 5.91 Å². The van der Waals surface area contributed by atoms with Crippen molar-refractivity contribution in [2.45, 2.75) is 18.0 Å². The molecule has 1 saturated heterocycles. The minimum absolute atomic E-state index is 0.0732. The highest BCUT2D eigenvalue weighted by Gasteiger charge is 2.30. The predicted octanol–water partition coefficient (Wildman–Crippen LogP) is 3.86. The lowest BCUT2D eigenvalue weighted by atomic mass is 10.2. The Morgan fingerprint density at radius 1 is 1.13 bits per heavy atom. The van der Waals surface area contributed by atoms with Crippen LogP contribution in [0.5, 0.6) is 0 Å². The van der Waals surface area contributed by atoms with Gasteiger partial charge in [-0.25, -0.2) is 8.42 Å². The van der Waals surface area contributed by atoms with Gasteiger partial charge in [0.2, 0.25) is 10.0 Å². The van der Waals surface area contributed by atoms with Crippen molar-refractivity contribution in [1.29, 1.82) is 0 Å². The normalized spacial score (nSPS) is 15.1. The summed E-state index contributed by atoms with van der Waals surface area (Å²) in [5.74, 6) is 0.333. The number of halogens is 1. The van der Waals surface area contributed by atoms with E-state index in [9.17, 15) is 13.2 Å². The number of ether oxygens (including phenoxy) is 1. The van der Waals surface area contributed by atoms with Gasteiger partial charge in [-0.3, -0.25) is 4.79 Å². The van der Waals surface area contributed by atoms with Gasteiger partial charge >= 0.3 is 0 Å². The molecular formula is C21H21ClN2O5S2. The average molecular weight is 481 g/mol. The zero-order chi connectivity index (χ0) is 21.8. The number of sulfonamides is 1. The van der Waals surface area contributed by atoms with Crippen molar-refractivity contribution < 1.29 is 22.4 Å². The molecule has 0 atom stereocenters. The van der Waals surface area contributed by atoms with Crippen molar-refractivity contribution >= 4 is 38.9 Å². The molecule has 0 saturated carbocycles. The zero-order valence-electron chi connectivity index (χ0n) is 16.6. The van der Waals surface area contributed by atoms with E-state index in [1.54, 1.807) is 40.7 Å². The van der Waals surface area contributed by atoms with Gasteiger partial charge in [-0.15, -0.1) is 11.3 Å². The van der Waals surface area contributed by atoms with Crippen LogP contribution in [0.25, 0.3) is 0 Å². The molecule has 2 aromatic heterocycles. The number of rotatable bonds is 7. The van der Waals surface area contributed by atoms with Crippen molar-refractivity contribution in [2.75, 3.05) is 26.3 Å². The average Bonchev–Trinajstić information content (AvgIpc) is 3.48. The van der Waals surface area contributed by atoms with E-state index in [-0.39, 0.29) is 41.0 Å². The van der Waals surface area contributed by atoms with Crippen molar-refractivity contribution in [3.05, 3.63) is 75.3 Å². The number of benzene rings is 1. The summed E-state index contributed by atoms with van der Waals surface area (Å²) in [7, 11) is -3.84. The number of carbonyl (C=O) groups excluding carboxylic acids is 1. The Hall–Kier alpha value is -2.17. The number of carbonyl (C=O) groups is 1. The van der Waals surface area contributed by atoms with Crippen molar-refractivity contribution in [3.63, 3.8) is 0 Å². The topological polar surface area (TPSA) is 80.1 Å². The van der Waals surface area contributed by atoms with E-state index in [2.05, 4.69) is 0 Å². The Morgan fingerprint density at radius 2 is 1.94 bits per heavy atom. The maximum atomic E-state index is 13.4. The van der Waals surface area contributed by atoms with Crippen molar-refractivity contribution in [3.8, 4) is 0 Å². The van der Waals surface area contributed by atoms with Crippen LogP contribution in [-0.2, 0) is 27.8 Å². The van der Waals surface area contributed by atoms with Gasteiger partial charge in [0.05, 0.1) is 37.6 Å². The lowest BCUT2D eigenvalue weighted by molar-refractivity contribution is 0.0717. The monoisotopic (exact) mass is 480 g/mol. The Bertz CT molecular complexity index is 1090. The second-order valence-corrected chi connectivity index (χ2v) is 10.3. The molecule has 1 fully saturated rings. The van der Waals surface area contributed by atoms with Crippen LogP contribution >= 0.6 is 22.9 Å². The van der Waals surface area contributed by atoms with E-state index < -0.39 is 10.0 Å². The van der Waals surface area contributed by atoms with Gasteiger partial charge in [0, 0.05) is 23.5 Å². The first kappa shape index (κ1) is 22.0. The molecule has 1 aliphatic heterocycles. The third-order valence-corrected chi connectivity index (χ3v) is 8.15. The van der Waals surface area contributed by atoms with E-state index in [0.717, 1.165) is 4.88 Å². The number of hydrogen-bond donors (Lipinski definition) is 0. The fourth-order valence-electron chi connectivity index (χ4n) is 3.32. The van der Waals surface area contributed by atoms with Crippen LogP contribution in [0.2, 0.25) is 5.02 Å². The SMILES string of the molecule is O=C(c1ccc(Cl)c(S(=O)(=O)N2CCOCC2)c1)N(Cc1ccco1)Cc1cccs1. The molecule has 1 amide bonds. The summed E-state index contributed by atoms with van der Waals surface area (Å²) in [6.07, 6.45) is 1.55. The summed E-state index contributed by atoms with van der Waals surface area (Å²) in [6, 6.07) is 11.8. The molecular weight excluding hydrogens is 460 g/mol. The summed E-state index contributed by atoms with van der Waals surface area (Å²) in [6.45, 7) is 1.80.